The maximum absolute atomic E-state index is 6.31. The lowest BCUT2D eigenvalue weighted by atomic mass is 10.1. The molecule has 0 bridgehead atoms. The number of rotatable bonds is 5. The number of hydrogen-bond donors (Lipinski definition) is 2. The number of fused-ring (bicyclic) bond motifs is 2. The van der Waals surface area contributed by atoms with Crippen LogP contribution in [-0.2, 0) is 24.3 Å². The molecule has 0 spiro atoms. The minimum absolute atomic E-state index is 0.144. The number of para-hydroxylation sites is 1. The summed E-state index contributed by atoms with van der Waals surface area (Å²) in [7, 11) is 0. The van der Waals surface area contributed by atoms with Crippen LogP contribution in [0.1, 0.15) is 35.5 Å². The smallest absolute Gasteiger partial charge is 0.236 e. The zero-order valence-electron chi connectivity index (χ0n) is 17.0. The maximum Gasteiger partial charge on any atom is 0.236 e. The van der Waals surface area contributed by atoms with Crippen LogP contribution in [-0.4, -0.2) is 21.1 Å². The fraction of sp³-hybridized carbons (Fsp3) is 0.250. The van der Waals surface area contributed by atoms with Crippen LogP contribution < -0.4 is 11.1 Å². The molecule has 0 radical (unpaired) electrons. The summed E-state index contributed by atoms with van der Waals surface area (Å²) in [5.74, 6) is 1.50. The molecule has 2 aromatic carbocycles. The van der Waals surface area contributed by atoms with Gasteiger partial charge in [-0.2, -0.15) is 4.98 Å². The van der Waals surface area contributed by atoms with Gasteiger partial charge in [0.25, 0.3) is 0 Å². The molecule has 0 amide bonds. The van der Waals surface area contributed by atoms with Crippen molar-refractivity contribution < 1.29 is 4.74 Å². The Morgan fingerprint density at radius 1 is 1.10 bits per heavy atom. The third-order valence-corrected chi connectivity index (χ3v) is 5.52. The fourth-order valence-electron chi connectivity index (χ4n) is 4.00. The van der Waals surface area contributed by atoms with Gasteiger partial charge in [0.1, 0.15) is 5.82 Å². The van der Waals surface area contributed by atoms with E-state index in [4.69, 9.17) is 20.4 Å². The molecule has 6 heteroatoms. The van der Waals surface area contributed by atoms with Gasteiger partial charge in [0.2, 0.25) is 5.95 Å². The first-order chi connectivity index (χ1) is 14.7. The number of nitrogens with two attached hydrogens (primary N) is 1. The van der Waals surface area contributed by atoms with Gasteiger partial charge in [-0.05, 0) is 24.6 Å². The first-order valence-electron chi connectivity index (χ1n) is 10.3. The molecule has 1 unspecified atom stereocenters. The Balaban J connectivity index is 1.63. The predicted molar refractivity (Wildman–Crippen MR) is 119 cm³/mol. The van der Waals surface area contributed by atoms with Gasteiger partial charge in [-0.25, -0.2) is 4.98 Å². The van der Waals surface area contributed by atoms with Gasteiger partial charge in [-0.3, -0.25) is 4.57 Å². The number of aromatic nitrogens is 3. The van der Waals surface area contributed by atoms with Crippen molar-refractivity contribution >= 4 is 16.7 Å². The lowest BCUT2D eigenvalue weighted by Crippen LogP contribution is -2.20. The quantitative estimate of drug-likeness (QED) is 0.528. The van der Waals surface area contributed by atoms with Crippen LogP contribution in [0.5, 0.6) is 0 Å². The SMILES string of the molecule is CC(N)c1cc2ccccc2n1-c1nc2c(c(NCc3ccccc3)n1)CCOC2. The lowest BCUT2D eigenvalue weighted by Gasteiger charge is -2.21. The van der Waals surface area contributed by atoms with E-state index in [9.17, 15) is 0 Å². The minimum atomic E-state index is -0.144. The molecule has 152 valence electrons. The third kappa shape index (κ3) is 3.44. The summed E-state index contributed by atoms with van der Waals surface area (Å²) >= 11 is 0. The first-order valence-corrected chi connectivity index (χ1v) is 10.3. The summed E-state index contributed by atoms with van der Waals surface area (Å²) in [6.45, 7) is 3.88. The second-order valence-electron chi connectivity index (χ2n) is 7.69. The van der Waals surface area contributed by atoms with E-state index in [1.54, 1.807) is 0 Å². The Morgan fingerprint density at radius 3 is 2.73 bits per heavy atom. The zero-order chi connectivity index (χ0) is 20.5. The van der Waals surface area contributed by atoms with Crippen molar-refractivity contribution in [1.82, 2.24) is 14.5 Å². The van der Waals surface area contributed by atoms with Crippen molar-refractivity contribution in [3.63, 3.8) is 0 Å². The first kappa shape index (κ1) is 18.8. The van der Waals surface area contributed by atoms with Crippen molar-refractivity contribution in [2.45, 2.75) is 32.5 Å². The van der Waals surface area contributed by atoms with Crippen molar-refractivity contribution in [2.75, 3.05) is 11.9 Å². The average molecular weight is 399 g/mol. The lowest BCUT2D eigenvalue weighted by molar-refractivity contribution is 0.107. The van der Waals surface area contributed by atoms with Gasteiger partial charge < -0.3 is 15.8 Å². The summed E-state index contributed by atoms with van der Waals surface area (Å²) in [4.78, 5) is 9.86. The Labute approximate surface area is 175 Å². The predicted octanol–water partition coefficient (Wildman–Crippen LogP) is 4.13. The number of anilines is 1. The van der Waals surface area contributed by atoms with Gasteiger partial charge in [0.05, 0.1) is 24.4 Å². The average Bonchev–Trinajstić information content (AvgIpc) is 3.18. The van der Waals surface area contributed by atoms with Gasteiger partial charge >= 0.3 is 0 Å². The molecule has 3 heterocycles. The molecule has 1 atom stereocenters. The Kier molecular flexibility index (Phi) is 4.94. The number of nitrogens with zero attached hydrogens (tertiary/aromatic N) is 3. The highest BCUT2D eigenvalue weighted by Gasteiger charge is 2.22. The maximum atomic E-state index is 6.31. The Hall–Kier alpha value is -3.22. The topological polar surface area (TPSA) is 78.0 Å². The molecule has 2 aromatic heterocycles. The molecule has 0 saturated heterocycles. The summed E-state index contributed by atoms with van der Waals surface area (Å²) in [6.07, 6.45) is 0.805. The van der Waals surface area contributed by atoms with Gasteiger partial charge in [-0.15, -0.1) is 0 Å². The number of hydrogen-bond acceptors (Lipinski definition) is 5. The molecule has 3 N–H and O–H groups in total. The minimum Gasteiger partial charge on any atom is -0.375 e. The molecule has 5 rings (SSSR count). The largest absolute Gasteiger partial charge is 0.375 e. The standard InChI is InChI=1S/C24H25N5O/c1-16(25)22-13-18-9-5-6-10-21(18)29(22)24-27-20-15-30-12-11-19(20)23(28-24)26-14-17-7-3-2-4-8-17/h2-10,13,16H,11-12,14-15,25H2,1H3,(H,26,27,28). The van der Waals surface area contributed by atoms with Crippen LogP contribution in [0.3, 0.4) is 0 Å². The molecule has 0 saturated carbocycles. The number of ether oxygens (including phenoxy) is 1. The van der Waals surface area contributed by atoms with Crippen LogP contribution in [0.4, 0.5) is 5.82 Å². The molecule has 4 aromatic rings. The fourth-order valence-corrected chi connectivity index (χ4v) is 4.00. The van der Waals surface area contributed by atoms with E-state index in [-0.39, 0.29) is 6.04 Å². The van der Waals surface area contributed by atoms with E-state index in [1.807, 2.05) is 37.3 Å². The normalized spacial score (nSPS) is 14.5. The Morgan fingerprint density at radius 2 is 1.90 bits per heavy atom. The molecule has 1 aliphatic rings. The van der Waals surface area contributed by atoms with Crippen LogP contribution in [0.25, 0.3) is 16.9 Å². The van der Waals surface area contributed by atoms with E-state index in [1.165, 1.54) is 5.56 Å². The monoisotopic (exact) mass is 399 g/mol. The second-order valence-corrected chi connectivity index (χ2v) is 7.69. The third-order valence-electron chi connectivity index (χ3n) is 5.52. The molecule has 6 nitrogen and oxygen atoms in total. The highest BCUT2D eigenvalue weighted by molar-refractivity contribution is 5.83. The van der Waals surface area contributed by atoms with Crippen LogP contribution in [0.15, 0.2) is 60.7 Å². The van der Waals surface area contributed by atoms with Crippen LogP contribution in [0, 0.1) is 0 Å². The molecule has 0 aliphatic carbocycles. The molecule has 0 fully saturated rings. The van der Waals surface area contributed by atoms with Crippen LogP contribution in [0.2, 0.25) is 0 Å². The van der Waals surface area contributed by atoms with Gasteiger partial charge in [0.15, 0.2) is 0 Å². The molecule has 1 aliphatic heterocycles. The van der Waals surface area contributed by atoms with Crippen molar-refractivity contribution in [2.24, 2.45) is 5.73 Å². The second kappa shape index (κ2) is 7.89. The van der Waals surface area contributed by atoms with E-state index >= 15 is 0 Å². The van der Waals surface area contributed by atoms with Crippen molar-refractivity contribution in [3.8, 4) is 5.95 Å². The van der Waals surface area contributed by atoms with Crippen LogP contribution >= 0.6 is 0 Å². The highest BCUT2D eigenvalue weighted by atomic mass is 16.5. The zero-order valence-corrected chi connectivity index (χ0v) is 17.0. The number of benzene rings is 2. The van der Waals surface area contributed by atoms with E-state index in [0.717, 1.165) is 40.1 Å². The number of nitrogens with one attached hydrogen (secondary N) is 1. The summed E-state index contributed by atoms with van der Waals surface area (Å²) in [5.41, 5.74) is 11.6. The molecule has 30 heavy (non-hydrogen) atoms. The van der Waals surface area contributed by atoms with Crippen molar-refractivity contribution in [3.05, 3.63) is 83.2 Å². The Bertz CT molecular complexity index is 1180. The van der Waals surface area contributed by atoms with E-state index in [2.05, 4.69) is 40.2 Å². The summed E-state index contributed by atoms with van der Waals surface area (Å²) in [6, 6.07) is 20.6. The molecular formula is C24H25N5O. The van der Waals surface area contributed by atoms with E-state index < -0.39 is 0 Å². The van der Waals surface area contributed by atoms with Gasteiger partial charge in [-0.1, -0.05) is 48.5 Å². The molecular weight excluding hydrogens is 374 g/mol. The van der Waals surface area contributed by atoms with Crippen molar-refractivity contribution in [1.29, 1.82) is 0 Å². The summed E-state index contributed by atoms with van der Waals surface area (Å²) in [5, 5.41) is 4.66. The highest BCUT2D eigenvalue weighted by Crippen LogP contribution is 2.29. The summed E-state index contributed by atoms with van der Waals surface area (Å²) < 4.78 is 7.77. The van der Waals surface area contributed by atoms with E-state index in [0.29, 0.717) is 25.7 Å². The van der Waals surface area contributed by atoms with Gasteiger partial charge in [0, 0.05) is 35.7 Å².